The standard InChI is InChI=1S/C17H22N2O4/c1-18(11-4-6-16(21)23-2)17(22)13-7-9-14(10-8-13)19-12-3-5-15(19)20/h7-10H,3-6,11-12H2,1-2H3. The lowest BCUT2D eigenvalue weighted by molar-refractivity contribution is -0.140. The van der Waals surface area contributed by atoms with Crippen LogP contribution in [0.3, 0.4) is 0 Å². The zero-order valence-electron chi connectivity index (χ0n) is 13.6. The summed E-state index contributed by atoms with van der Waals surface area (Å²) in [5.41, 5.74) is 1.40. The first-order chi connectivity index (χ1) is 11.0. The van der Waals surface area contributed by atoms with Crippen LogP contribution >= 0.6 is 0 Å². The Bertz CT molecular complexity index is 583. The van der Waals surface area contributed by atoms with E-state index in [1.807, 2.05) is 0 Å². The van der Waals surface area contributed by atoms with E-state index >= 15 is 0 Å². The van der Waals surface area contributed by atoms with Gasteiger partial charge in [-0.3, -0.25) is 14.4 Å². The number of hydrogen-bond donors (Lipinski definition) is 0. The van der Waals surface area contributed by atoms with Crippen LogP contribution in [0, 0.1) is 0 Å². The largest absolute Gasteiger partial charge is 0.469 e. The number of esters is 1. The third kappa shape index (κ3) is 4.31. The maximum Gasteiger partial charge on any atom is 0.305 e. The number of amides is 2. The molecule has 0 N–H and O–H groups in total. The van der Waals surface area contributed by atoms with Crippen molar-refractivity contribution >= 4 is 23.5 Å². The summed E-state index contributed by atoms with van der Waals surface area (Å²) in [5, 5.41) is 0. The molecule has 1 aromatic carbocycles. The van der Waals surface area contributed by atoms with Crippen LogP contribution in [0.5, 0.6) is 0 Å². The van der Waals surface area contributed by atoms with Gasteiger partial charge in [0.2, 0.25) is 5.91 Å². The highest BCUT2D eigenvalue weighted by Crippen LogP contribution is 2.21. The van der Waals surface area contributed by atoms with Gasteiger partial charge in [0.05, 0.1) is 7.11 Å². The summed E-state index contributed by atoms with van der Waals surface area (Å²) < 4.78 is 4.57. The summed E-state index contributed by atoms with van der Waals surface area (Å²) in [6.07, 6.45) is 2.32. The van der Waals surface area contributed by atoms with Crippen molar-refractivity contribution in [2.24, 2.45) is 0 Å². The molecule has 0 saturated carbocycles. The number of ether oxygens (including phenoxy) is 1. The number of carbonyl (C=O) groups excluding carboxylic acids is 3. The zero-order valence-corrected chi connectivity index (χ0v) is 13.6. The Balaban J connectivity index is 1.91. The number of nitrogens with zero attached hydrogens (tertiary/aromatic N) is 2. The van der Waals surface area contributed by atoms with Crippen LogP contribution in [0.1, 0.15) is 36.0 Å². The summed E-state index contributed by atoms with van der Waals surface area (Å²) in [5.74, 6) is -0.247. The summed E-state index contributed by atoms with van der Waals surface area (Å²) >= 11 is 0. The maximum atomic E-state index is 12.3. The van der Waals surface area contributed by atoms with Crippen molar-refractivity contribution in [3.8, 4) is 0 Å². The zero-order chi connectivity index (χ0) is 16.8. The Morgan fingerprint density at radius 1 is 1.26 bits per heavy atom. The van der Waals surface area contributed by atoms with E-state index in [4.69, 9.17) is 0 Å². The molecular weight excluding hydrogens is 296 g/mol. The Labute approximate surface area is 136 Å². The first-order valence-electron chi connectivity index (χ1n) is 7.75. The van der Waals surface area contributed by atoms with Crippen LogP contribution in [0.25, 0.3) is 0 Å². The minimum atomic E-state index is -0.273. The second-order valence-electron chi connectivity index (χ2n) is 5.60. The van der Waals surface area contributed by atoms with Gasteiger partial charge in [-0.05, 0) is 37.1 Å². The van der Waals surface area contributed by atoms with Crippen LogP contribution in [-0.4, -0.2) is 49.9 Å². The number of hydrogen-bond acceptors (Lipinski definition) is 4. The normalized spacial score (nSPS) is 14.0. The van der Waals surface area contributed by atoms with E-state index in [0.717, 1.165) is 18.7 Å². The van der Waals surface area contributed by atoms with E-state index in [-0.39, 0.29) is 17.8 Å². The summed E-state index contributed by atoms with van der Waals surface area (Å²) in [6, 6.07) is 7.08. The van der Waals surface area contributed by atoms with Crippen LogP contribution in [0.15, 0.2) is 24.3 Å². The van der Waals surface area contributed by atoms with Gasteiger partial charge in [0.25, 0.3) is 5.91 Å². The lowest BCUT2D eigenvalue weighted by atomic mass is 10.1. The van der Waals surface area contributed by atoms with Crippen LogP contribution < -0.4 is 4.90 Å². The summed E-state index contributed by atoms with van der Waals surface area (Å²) in [4.78, 5) is 38.4. The van der Waals surface area contributed by atoms with Crippen LogP contribution in [-0.2, 0) is 14.3 Å². The molecule has 0 aromatic heterocycles. The molecule has 23 heavy (non-hydrogen) atoms. The van der Waals surface area contributed by atoms with Gasteiger partial charge >= 0.3 is 5.97 Å². The molecule has 1 aliphatic heterocycles. The van der Waals surface area contributed by atoms with E-state index in [2.05, 4.69) is 4.74 Å². The predicted molar refractivity (Wildman–Crippen MR) is 86.2 cm³/mol. The number of rotatable bonds is 6. The molecule has 0 unspecified atom stereocenters. The molecule has 0 atom stereocenters. The van der Waals surface area contributed by atoms with Gasteiger partial charge in [0, 0.05) is 44.2 Å². The molecule has 1 aliphatic rings. The van der Waals surface area contributed by atoms with Crippen LogP contribution in [0.2, 0.25) is 0 Å². The van der Waals surface area contributed by atoms with Crippen molar-refractivity contribution in [1.82, 2.24) is 4.90 Å². The van der Waals surface area contributed by atoms with E-state index in [1.54, 1.807) is 41.1 Å². The molecule has 0 aliphatic carbocycles. The average molecular weight is 318 g/mol. The van der Waals surface area contributed by atoms with Crippen molar-refractivity contribution in [1.29, 1.82) is 0 Å². The van der Waals surface area contributed by atoms with E-state index in [9.17, 15) is 14.4 Å². The van der Waals surface area contributed by atoms with Crippen molar-refractivity contribution in [3.05, 3.63) is 29.8 Å². The lowest BCUT2D eigenvalue weighted by Crippen LogP contribution is -2.28. The van der Waals surface area contributed by atoms with Crippen molar-refractivity contribution in [3.63, 3.8) is 0 Å². The molecule has 6 nitrogen and oxygen atoms in total. The number of benzene rings is 1. The Morgan fingerprint density at radius 2 is 1.96 bits per heavy atom. The molecule has 2 rings (SSSR count). The Kier molecular flexibility index (Phi) is 5.73. The van der Waals surface area contributed by atoms with E-state index in [1.165, 1.54) is 7.11 Å². The Hall–Kier alpha value is -2.37. The smallest absolute Gasteiger partial charge is 0.305 e. The van der Waals surface area contributed by atoms with Gasteiger partial charge in [-0.1, -0.05) is 0 Å². The highest BCUT2D eigenvalue weighted by Gasteiger charge is 2.22. The van der Waals surface area contributed by atoms with Crippen LogP contribution in [0.4, 0.5) is 5.69 Å². The molecule has 0 spiro atoms. The molecule has 0 radical (unpaired) electrons. The third-order valence-electron chi connectivity index (χ3n) is 3.95. The highest BCUT2D eigenvalue weighted by molar-refractivity contribution is 5.97. The fourth-order valence-electron chi connectivity index (χ4n) is 2.59. The number of anilines is 1. The molecule has 124 valence electrons. The quantitative estimate of drug-likeness (QED) is 0.751. The first kappa shape index (κ1) is 17.0. The third-order valence-corrected chi connectivity index (χ3v) is 3.95. The van der Waals surface area contributed by atoms with Crippen molar-refractivity contribution in [2.75, 3.05) is 32.1 Å². The van der Waals surface area contributed by atoms with E-state index < -0.39 is 0 Å². The molecule has 2 amide bonds. The topological polar surface area (TPSA) is 66.9 Å². The second kappa shape index (κ2) is 7.76. The fourth-order valence-corrected chi connectivity index (χ4v) is 2.59. The first-order valence-corrected chi connectivity index (χ1v) is 7.75. The number of carbonyl (C=O) groups is 3. The highest BCUT2D eigenvalue weighted by atomic mass is 16.5. The second-order valence-corrected chi connectivity index (χ2v) is 5.60. The molecule has 6 heteroatoms. The van der Waals surface area contributed by atoms with Gasteiger partial charge in [-0.25, -0.2) is 0 Å². The Morgan fingerprint density at radius 3 is 2.52 bits per heavy atom. The van der Waals surface area contributed by atoms with Gasteiger partial charge in [0.15, 0.2) is 0 Å². The molecule has 1 heterocycles. The van der Waals surface area contributed by atoms with E-state index in [0.29, 0.717) is 31.4 Å². The molecule has 0 bridgehead atoms. The summed E-state index contributed by atoms with van der Waals surface area (Å²) in [6.45, 7) is 1.22. The summed E-state index contributed by atoms with van der Waals surface area (Å²) in [7, 11) is 3.06. The molecule has 1 aromatic rings. The van der Waals surface area contributed by atoms with Gasteiger partial charge in [-0.2, -0.15) is 0 Å². The maximum absolute atomic E-state index is 12.3. The lowest BCUT2D eigenvalue weighted by Gasteiger charge is -2.19. The average Bonchev–Trinajstić information content (AvgIpc) is 3.00. The van der Waals surface area contributed by atoms with Crippen molar-refractivity contribution < 1.29 is 19.1 Å². The van der Waals surface area contributed by atoms with Crippen molar-refractivity contribution in [2.45, 2.75) is 25.7 Å². The molecular formula is C17H22N2O4. The van der Waals surface area contributed by atoms with Gasteiger partial charge in [-0.15, -0.1) is 0 Å². The SMILES string of the molecule is COC(=O)CCCN(C)C(=O)c1ccc(N2CCCC2=O)cc1. The van der Waals surface area contributed by atoms with Gasteiger partial charge < -0.3 is 14.5 Å². The minimum Gasteiger partial charge on any atom is -0.469 e. The molecule has 1 fully saturated rings. The van der Waals surface area contributed by atoms with Gasteiger partial charge in [0.1, 0.15) is 0 Å². The fraction of sp³-hybridized carbons (Fsp3) is 0.471. The monoisotopic (exact) mass is 318 g/mol. The minimum absolute atomic E-state index is 0.103. The predicted octanol–water partition coefficient (Wildman–Crippen LogP) is 1.84. The number of methoxy groups -OCH3 is 1. The molecule has 1 saturated heterocycles.